The highest BCUT2D eigenvalue weighted by Gasteiger charge is 2.62. The Balaban J connectivity index is 1.33. The Labute approximate surface area is 152 Å². The molecule has 0 N–H and O–H groups in total. The molecule has 0 bridgehead atoms. The summed E-state index contributed by atoms with van der Waals surface area (Å²) in [7, 11) is 0. The molecule has 4 aliphatic rings. The molecular weight excluding hydrogens is 334 g/mol. The number of hydrogen-bond acceptors (Lipinski definition) is 5. The molecule has 6 atom stereocenters. The predicted octanol–water partition coefficient (Wildman–Crippen LogP) is 1.84. The SMILES string of the molecule is CC1(C)O[C@H]2O[C@H]3[C@H](C=CCN4C(=O)[C@@H](OCc5ccccc5)[C@@H]34)[C@H]2O1. The van der Waals surface area contributed by atoms with Crippen molar-refractivity contribution in [2.24, 2.45) is 5.92 Å². The number of carbonyl (C=O) groups is 1. The van der Waals surface area contributed by atoms with Gasteiger partial charge in [0.25, 0.3) is 5.91 Å². The number of amides is 1. The molecule has 0 aromatic heterocycles. The van der Waals surface area contributed by atoms with Gasteiger partial charge in [-0.15, -0.1) is 0 Å². The van der Waals surface area contributed by atoms with Gasteiger partial charge in [0.2, 0.25) is 0 Å². The number of fused-ring (bicyclic) bond motifs is 5. The zero-order chi connectivity index (χ0) is 17.9. The maximum absolute atomic E-state index is 12.6. The highest BCUT2D eigenvalue weighted by Crippen LogP contribution is 2.46. The van der Waals surface area contributed by atoms with E-state index in [4.69, 9.17) is 18.9 Å². The van der Waals surface area contributed by atoms with Crippen LogP contribution in [-0.2, 0) is 30.3 Å². The van der Waals surface area contributed by atoms with Crippen LogP contribution in [0, 0.1) is 5.92 Å². The topological polar surface area (TPSA) is 57.2 Å². The summed E-state index contributed by atoms with van der Waals surface area (Å²) in [6.45, 7) is 4.80. The zero-order valence-electron chi connectivity index (χ0n) is 14.9. The minimum absolute atomic E-state index is 0.0269. The molecule has 5 rings (SSSR count). The van der Waals surface area contributed by atoms with E-state index in [1.54, 1.807) is 0 Å². The molecule has 6 heteroatoms. The number of nitrogens with zero attached hydrogens (tertiary/aromatic N) is 1. The maximum Gasteiger partial charge on any atom is 0.254 e. The number of carbonyl (C=O) groups excluding carboxylic acids is 1. The molecule has 0 unspecified atom stereocenters. The lowest BCUT2D eigenvalue weighted by atomic mass is 9.85. The van der Waals surface area contributed by atoms with E-state index in [-0.39, 0.29) is 30.1 Å². The van der Waals surface area contributed by atoms with Gasteiger partial charge in [-0.2, -0.15) is 0 Å². The first-order valence-corrected chi connectivity index (χ1v) is 9.17. The second-order valence-electron chi connectivity index (χ2n) is 7.77. The third-order valence-corrected chi connectivity index (χ3v) is 5.60. The van der Waals surface area contributed by atoms with E-state index in [1.807, 2.05) is 55.2 Å². The average molecular weight is 357 g/mol. The summed E-state index contributed by atoms with van der Waals surface area (Å²) >= 11 is 0. The van der Waals surface area contributed by atoms with Gasteiger partial charge in [-0.25, -0.2) is 0 Å². The lowest BCUT2D eigenvalue weighted by Gasteiger charge is -2.48. The Morgan fingerprint density at radius 3 is 2.81 bits per heavy atom. The first kappa shape index (κ1) is 16.4. The molecule has 1 aromatic carbocycles. The third-order valence-electron chi connectivity index (χ3n) is 5.60. The van der Waals surface area contributed by atoms with E-state index >= 15 is 0 Å². The summed E-state index contributed by atoms with van der Waals surface area (Å²) in [6, 6.07) is 9.80. The highest BCUT2D eigenvalue weighted by atomic mass is 16.8. The van der Waals surface area contributed by atoms with Crippen LogP contribution < -0.4 is 0 Å². The summed E-state index contributed by atoms with van der Waals surface area (Å²) in [6.07, 6.45) is 2.96. The maximum atomic E-state index is 12.6. The Hall–Kier alpha value is -1.73. The monoisotopic (exact) mass is 357 g/mol. The first-order valence-electron chi connectivity index (χ1n) is 9.17. The molecule has 1 amide bonds. The molecule has 0 aliphatic carbocycles. The number of benzene rings is 1. The Kier molecular flexibility index (Phi) is 3.72. The van der Waals surface area contributed by atoms with E-state index in [1.165, 1.54) is 0 Å². The lowest BCUT2D eigenvalue weighted by Crippen LogP contribution is -2.70. The Morgan fingerprint density at radius 1 is 1.19 bits per heavy atom. The Morgan fingerprint density at radius 2 is 2.00 bits per heavy atom. The molecule has 4 heterocycles. The van der Waals surface area contributed by atoms with Crippen molar-refractivity contribution in [2.75, 3.05) is 6.54 Å². The van der Waals surface area contributed by atoms with E-state index in [0.29, 0.717) is 13.2 Å². The first-order chi connectivity index (χ1) is 12.5. The molecule has 3 fully saturated rings. The van der Waals surface area contributed by atoms with Gasteiger partial charge in [0, 0.05) is 12.5 Å². The lowest BCUT2D eigenvalue weighted by molar-refractivity contribution is -0.230. The summed E-state index contributed by atoms with van der Waals surface area (Å²) < 4.78 is 24.1. The number of rotatable bonds is 3. The second-order valence-corrected chi connectivity index (χ2v) is 7.77. The van der Waals surface area contributed by atoms with Gasteiger partial charge in [-0.1, -0.05) is 42.5 Å². The zero-order valence-corrected chi connectivity index (χ0v) is 14.9. The molecule has 26 heavy (non-hydrogen) atoms. The molecule has 0 saturated carbocycles. The van der Waals surface area contributed by atoms with E-state index in [9.17, 15) is 4.79 Å². The minimum atomic E-state index is -0.640. The van der Waals surface area contributed by atoms with Crippen LogP contribution in [0.15, 0.2) is 42.5 Å². The fourth-order valence-electron chi connectivity index (χ4n) is 4.44. The van der Waals surface area contributed by atoms with Crippen LogP contribution in [0.25, 0.3) is 0 Å². The van der Waals surface area contributed by atoms with Crippen molar-refractivity contribution in [3.05, 3.63) is 48.0 Å². The molecule has 1 aromatic rings. The van der Waals surface area contributed by atoms with Gasteiger partial charge < -0.3 is 23.8 Å². The van der Waals surface area contributed by atoms with Gasteiger partial charge in [0.15, 0.2) is 18.2 Å². The van der Waals surface area contributed by atoms with Crippen molar-refractivity contribution >= 4 is 5.91 Å². The summed E-state index contributed by atoms with van der Waals surface area (Å²) in [4.78, 5) is 14.4. The summed E-state index contributed by atoms with van der Waals surface area (Å²) in [5.74, 6) is -0.551. The van der Waals surface area contributed by atoms with E-state index < -0.39 is 18.2 Å². The standard InChI is InChI=1S/C20H23NO5/c1-20(2)25-16-13-9-6-10-21-14(15(13)24-19(16)26-20)17(18(21)22)23-11-12-7-4-3-5-8-12/h3-9,13-17,19H,10-11H2,1-2H3/t13-,14+,15-,16+,17-,19+/m0/s1. The van der Waals surface area contributed by atoms with Crippen LogP contribution in [0.3, 0.4) is 0 Å². The van der Waals surface area contributed by atoms with Crippen LogP contribution in [-0.4, -0.2) is 53.8 Å². The predicted molar refractivity (Wildman–Crippen MR) is 91.8 cm³/mol. The third kappa shape index (κ3) is 2.52. The Bertz CT molecular complexity index is 733. The van der Waals surface area contributed by atoms with Crippen molar-refractivity contribution in [3.63, 3.8) is 0 Å². The highest BCUT2D eigenvalue weighted by molar-refractivity contribution is 5.89. The number of ether oxygens (including phenoxy) is 4. The minimum Gasteiger partial charge on any atom is -0.361 e. The van der Waals surface area contributed by atoms with Crippen molar-refractivity contribution in [2.45, 2.75) is 56.9 Å². The fourth-order valence-corrected chi connectivity index (χ4v) is 4.44. The molecule has 4 aliphatic heterocycles. The second kappa shape index (κ2) is 5.89. The molecule has 3 saturated heterocycles. The molecule has 0 spiro atoms. The normalized spacial score (nSPS) is 39.8. The van der Waals surface area contributed by atoms with Crippen LogP contribution in [0.4, 0.5) is 0 Å². The molecular formula is C20H23NO5. The largest absolute Gasteiger partial charge is 0.361 e. The van der Waals surface area contributed by atoms with Gasteiger partial charge in [-0.3, -0.25) is 4.79 Å². The average Bonchev–Trinajstić information content (AvgIpc) is 3.01. The van der Waals surface area contributed by atoms with Crippen molar-refractivity contribution in [3.8, 4) is 0 Å². The van der Waals surface area contributed by atoms with Crippen molar-refractivity contribution < 1.29 is 23.7 Å². The molecule has 0 radical (unpaired) electrons. The summed E-state index contributed by atoms with van der Waals surface area (Å²) in [5.41, 5.74) is 1.06. The summed E-state index contributed by atoms with van der Waals surface area (Å²) in [5, 5.41) is 0. The van der Waals surface area contributed by atoms with Crippen LogP contribution in [0.5, 0.6) is 0 Å². The quantitative estimate of drug-likeness (QED) is 0.610. The van der Waals surface area contributed by atoms with Crippen molar-refractivity contribution in [1.82, 2.24) is 4.90 Å². The van der Waals surface area contributed by atoms with Crippen LogP contribution in [0.2, 0.25) is 0 Å². The van der Waals surface area contributed by atoms with E-state index in [2.05, 4.69) is 6.08 Å². The van der Waals surface area contributed by atoms with Gasteiger partial charge in [0.1, 0.15) is 6.10 Å². The van der Waals surface area contributed by atoms with Gasteiger partial charge >= 0.3 is 0 Å². The van der Waals surface area contributed by atoms with Gasteiger partial charge in [-0.05, 0) is 19.4 Å². The van der Waals surface area contributed by atoms with Crippen LogP contribution >= 0.6 is 0 Å². The van der Waals surface area contributed by atoms with Gasteiger partial charge in [0.05, 0.1) is 18.8 Å². The van der Waals surface area contributed by atoms with Crippen LogP contribution in [0.1, 0.15) is 19.4 Å². The van der Waals surface area contributed by atoms with E-state index in [0.717, 1.165) is 5.56 Å². The smallest absolute Gasteiger partial charge is 0.254 e. The van der Waals surface area contributed by atoms with Crippen molar-refractivity contribution in [1.29, 1.82) is 0 Å². The molecule has 6 nitrogen and oxygen atoms in total. The molecule has 138 valence electrons. The number of β-lactam (4-membered cyclic amide) rings is 1. The number of hydrogen-bond donors (Lipinski definition) is 0. The fraction of sp³-hybridized carbons (Fsp3) is 0.550.